The van der Waals surface area contributed by atoms with Crippen molar-refractivity contribution in [3.63, 3.8) is 0 Å². The fraction of sp³-hybridized carbons (Fsp3) is 0.304. The van der Waals surface area contributed by atoms with Gasteiger partial charge in [-0.2, -0.15) is 0 Å². The molecule has 0 atom stereocenters. The third-order valence-electron chi connectivity index (χ3n) is 5.53. The van der Waals surface area contributed by atoms with E-state index in [9.17, 15) is 4.39 Å². The van der Waals surface area contributed by atoms with Gasteiger partial charge in [0.1, 0.15) is 5.82 Å². The van der Waals surface area contributed by atoms with E-state index in [1.54, 1.807) is 6.07 Å². The van der Waals surface area contributed by atoms with Gasteiger partial charge in [0.05, 0.1) is 0 Å². The average molecular weight is 318 g/mol. The molecule has 0 bridgehead atoms. The summed E-state index contributed by atoms with van der Waals surface area (Å²) in [6.07, 6.45) is 5.35. The largest absolute Gasteiger partial charge is 0.207 e. The molecule has 1 fully saturated rings. The lowest BCUT2D eigenvalue weighted by Gasteiger charge is -2.26. The third-order valence-corrected chi connectivity index (χ3v) is 5.53. The number of halogens is 1. The maximum absolute atomic E-state index is 13.3. The lowest BCUT2D eigenvalue weighted by atomic mass is 9.79. The van der Waals surface area contributed by atoms with Crippen LogP contribution in [0.5, 0.6) is 0 Å². The summed E-state index contributed by atoms with van der Waals surface area (Å²) in [5, 5.41) is 2.03. The minimum Gasteiger partial charge on any atom is -0.207 e. The maximum Gasteiger partial charge on any atom is 0.123 e. The van der Waals surface area contributed by atoms with Crippen LogP contribution >= 0.6 is 0 Å². The van der Waals surface area contributed by atoms with Crippen LogP contribution in [0.3, 0.4) is 0 Å². The summed E-state index contributed by atoms with van der Waals surface area (Å²) in [6, 6.07) is 20.3. The predicted octanol–water partition coefficient (Wildman–Crippen LogP) is 6.94. The summed E-state index contributed by atoms with van der Waals surface area (Å²) in [5.74, 6) is 1.44. The van der Waals surface area contributed by atoms with E-state index >= 15 is 0 Å². The fourth-order valence-electron chi connectivity index (χ4n) is 3.94. The van der Waals surface area contributed by atoms with Crippen molar-refractivity contribution in [1.29, 1.82) is 0 Å². The number of fused-ring (bicyclic) bond motifs is 1. The molecule has 0 unspecified atom stereocenters. The molecule has 0 aliphatic heterocycles. The molecule has 1 aliphatic rings. The number of hydrogen-bond acceptors (Lipinski definition) is 0. The van der Waals surface area contributed by atoms with Crippen molar-refractivity contribution >= 4 is 10.8 Å². The van der Waals surface area contributed by atoms with Crippen LogP contribution < -0.4 is 0 Å². The Morgan fingerprint density at radius 3 is 2.08 bits per heavy atom. The maximum atomic E-state index is 13.3. The van der Waals surface area contributed by atoms with Crippen LogP contribution in [0.4, 0.5) is 4.39 Å². The van der Waals surface area contributed by atoms with Crippen molar-refractivity contribution in [3.8, 4) is 11.1 Å². The molecule has 1 aliphatic carbocycles. The molecule has 24 heavy (non-hydrogen) atoms. The molecule has 0 amide bonds. The van der Waals surface area contributed by atoms with Gasteiger partial charge in [-0.15, -0.1) is 0 Å². The third kappa shape index (κ3) is 3.08. The highest BCUT2D eigenvalue weighted by atomic mass is 19.1. The van der Waals surface area contributed by atoms with Crippen LogP contribution in [0.1, 0.15) is 44.1 Å². The second-order valence-electron chi connectivity index (χ2n) is 7.29. The summed E-state index contributed by atoms with van der Waals surface area (Å²) < 4.78 is 13.3. The molecule has 1 saturated carbocycles. The molecule has 1 heteroatoms. The summed E-state index contributed by atoms with van der Waals surface area (Å²) in [6.45, 7) is 2.37. The van der Waals surface area contributed by atoms with E-state index in [1.165, 1.54) is 48.4 Å². The van der Waals surface area contributed by atoms with Gasteiger partial charge in [-0.25, -0.2) is 4.39 Å². The Bertz CT molecular complexity index is 840. The monoisotopic (exact) mass is 318 g/mol. The highest BCUT2D eigenvalue weighted by Gasteiger charge is 2.19. The molecule has 3 aromatic carbocycles. The van der Waals surface area contributed by atoms with Crippen LogP contribution in [-0.2, 0) is 0 Å². The molecule has 0 spiro atoms. The zero-order valence-electron chi connectivity index (χ0n) is 14.1. The molecule has 0 N–H and O–H groups in total. The minimum atomic E-state index is -0.179. The van der Waals surface area contributed by atoms with E-state index in [2.05, 4.69) is 43.3 Å². The highest BCUT2D eigenvalue weighted by molar-refractivity contribution is 5.87. The Kier molecular flexibility index (Phi) is 4.10. The lowest BCUT2D eigenvalue weighted by Crippen LogP contribution is -2.10. The number of hydrogen-bond donors (Lipinski definition) is 0. The molecule has 0 aromatic heterocycles. The molecule has 0 radical (unpaired) electrons. The van der Waals surface area contributed by atoms with E-state index in [-0.39, 0.29) is 5.82 Å². The SMILES string of the molecule is CC1CCC(c2ccc(-c3ccc4cc(F)ccc4c3)cc2)CC1. The van der Waals surface area contributed by atoms with E-state index in [1.807, 2.05) is 12.1 Å². The molecule has 122 valence electrons. The van der Waals surface area contributed by atoms with E-state index < -0.39 is 0 Å². The van der Waals surface area contributed by atoms with Gasteiger partial charge in [0, 0.05) is 0 Å². The van der Waals surface area contributed by atoms with Gasteiger partial charge < -0.3 is 0 Å². The first kappa shape index (κ1) is 15.4. The van der Waals surface area contributed by atoms with Gasteiger partial charge in [-0.3, -0.25) is 0 Å². The summed E-state index contributed by atoms with van der Waals surface area (Å²) in [4.78, 5) is 0. The Morgan fingerprint density at radius 1 is 0.708 bits per heavy atom. The molecule has 4 rings (SSSR count). The van der Waals surface area contributed by atoms with Crippen molar-refractivity contribution in [2.45, 2.75) is 38.5 Å². The van der Waals surface area contributed by atoms with Crippen LogP contribution in [0.2, 0.25) is 0 Å². The standard InChI is InChI=1S/C23H23F/c1-16-2-4-17(5-3-16)18-6-8-19(9-7-18)20-10-11-22-15-23(24)13-12-21(22)14-20/h6-17H,2-5H2,1H3. The van der Waals surface area contributed by atoms with E-state index in [0.717, 1.165) is 22.6 Å². The van der Waals surface area contributed by atoms with Gasteiger partial charge in [0.2, 0.25) is 0 Å². The zero-order valence-corrected chi connectivity index (χ0v) is 14.1. The summed E-state index contributed by atoms with van der Waals surface area (Å²) >= 11 is 0. The second-order valence-corrected chi connectivity index (χ2v) is 7.29. The van der Waals surface area contributed by atoms with Crippen LogP contribution in [0, 0.1) is 11.7 Å². The number of rotatable bonds is 2. The van der Waals surface area contributed by atoms with Crippen molar-refractivity contribution in [1.82, 2.24) is 0 Å². The Hall–Kier alpha value is -2.15. The van der Waals surface area contributed by atoms with Crippen LogP contribution in [0.25, 0.3) is 21.9 Å². The molecular weight excluding hydrogens is 295 g/mol. The molecule has 0 saturated heterocycles. The molecular formula is C23H23F. The summed E-state index contributed by atoms with van der Waals surface area (Å²) in [5.41, 5.74) is 3.90. The van der Waals surface area contributed by atoms with E-state index in [4.69, 9.17) is 0 Å². The van der Waals surface area contributed by atoms with Crippen molar-refractivity contribution < 1.29 is 4.39 Å². The minimum absolute atomic E-state index is 0.179. The van der Waals surface area contributed by atoms with Crippen molar-refractivity contribution in [2.75, 3.05) is 0 Å². The van der Waals surface area contributed by atoms with Crippen LogP contribution in [0.15, 0.2) is 60.7 Å². The molecule has 3 aromatic rings. The fourth-order valence-corrected chi connectivity index (χ4v) is 3.94. The van der Waals surface area contributed by atoms with Gasteiger partial charge in [-0.1, -0.05) is 62.2 Å². The first-order valence-electron chi connectivity index (χ1n) is 8.99. The lowest BCUT2D eigenvalue weighted by molar-refractivity contribution is 0.348. The Morgan fingerprint density at radius 2 is 1.33 bits per heavy atom. The Balaban J connectivity index is 1.59. The average Bonchev–Trinajstić information content (AvgIpc) is 2.62. The molecule has 0 nitrogen and oxygen atoms in total. The van der Waals surface area contributed by atoms with Gasteiger partial charge >= 0.3 is 0 Å². The normalized spacial score (nSPS) is 21.1. The first-order chi connectivity index (χ1) is 11.7. The predicted molar refractivity (Wildman–Crippen MR) is 99.7 cm³/mol. The second kappa shape index (κ2) is 6.39. The molecule has 0 heterocycles. The number of benzene rings is 3. The van der Waals surface area contributed by atoms with Gasteiger partial charge in [-0.05, 0) is 70.3 Å². The van der Waals surface area contributed by atoms with Crippen molar-refractivity contribution in [3.05, 3.63) is 72.0 Å². The topological polar surface area (TPSA) is 0 Å². The van der Waals surface area contributed by atoms with Crippen molar-refractivity contribution in [2.24, 2.45) is 5.92 Å². The smallest absolute Gasteiger partial charge is 0.123 e. The Labute approximate surface area is 143 Å². The highest BCUT2D eigenvalue weighted by Crippen LogP contribution is 2.36. The van der Waals surface area contributed by atoms with Gasteiger partial charge in [0.25, 0.3) is 0 Å². The van der Waals surface area contributed by atoms with E-state index in [0.29, 0.717) is 0 Å². The zero-order chi connectivity index (χ0) is 16.5. The quantitative estimate of drug-likeness (QED) is 0.480. The van der Waals surface area contributed by atoms with Crippen LogP contribution in [-0.4, -0.2) is 0 Å². The van der Waals surface area contributed by atoms with Gasteiger partial charge in [0.15, 0.2) is 0 Å². The summed E-state index contributed by atoms with van der Waals surface area (Å²) in [7, 11) is 0. The first-order valence-corrected chi connectivity index (χ1v) is 8.99.